The maximum absolute atomic E-state index is 12.3. The summed E-state index contributed by atoms with van der Waals surface area (Å²) in [6, 6.07) is 11.4. The number of halogens is 1. The quantitative estimate of drug-likeness (QED) is 0.541. The van der Waals surface area contributed by atoms with Gasteiger partial charge in [0.2, 0.25) is 11.1 Å². The number of thioether (sulfide) groups is 1. The highest BCUT2D eigenvalue weighted by Crippen LogP contribution is 2.26. The summed E-state index contributed by atoms with van der Waals surface area (Å²) in [5, 5.41) is 10.5. The Labute approximate surface area is 170 Å². The molecular formula is C19H19BrN4O2S. The molecular weight excluding hydrogens is 428 g/mol. The molecule has 0 atom stereocenters. The van der Waals surface area contributed by atoms with Crippen molar-refractivity contribution in [1.82, 2.24) is 15.2 Å². The van der Waals surface area contributed by atoms with Crippen molar-refractivity contribution in [2.24, 2.45) is 0 Å². The lowest BCUT2D eigenvalue weighted by Crippen LogP contribution is -2.15. The van der Waals surface area contributed by atoms with Crippen LogP contribution in [0, 0.1) is 13.8 Å². The molecule has 1 amide bonds. The number of aromatic amines is 1. The minimum atomic E-state index is -0.0966. The molecule has 0 aliphatic carbocycles. The summed E-state index contributed by atoms with van der Waals surface area (Å²) >= 11 is 4.78. The van der Waals surface area contributed by atoms with Gasteiger partial charge < -0.3 is 10.1 Å². The van der Waals surface area contributed by atoms with Gasteiger partial charge in [-0.1, -0.05) is 27.7 Å². The van der Waals surface area contributed by atoms with Crippen molar-refractivity contribution in [2.45, 2.75) is 19.0 Å². The molecule has 0 aliphatic heterocycles. The van der Waals surface area contributed by atoms with Crippen LogP contribution >= 0.6 is 27.7 Å². The van der Waals surface area contributed by atoms with Gasteiger partial charge in [-0.3, -0.25) is 9.89 Å². The highest BCUT2D eigenvalue weighted by Gasteiger charge is 2.11. The van der Waals surface area contributed by atoms with E-state index in [2.05, 4.69) is 36.4 Å². The molecule has 0 aliphatic rings. The molecule has 0 bridgehead atoms. The van der Waals surface area contributed by atoms with Crippen molar-refractivity contribution in [3.63, 3.8) is 0 Å². The maximum atomic E-state index is 12.3. The normalized spacial score (nSPS) is 10.7. The van der Waals surface area contributed by atoms with Gasteiger partial charge in [-0.2, -0.15) is 0 Å². The van der Waals surface area contributed by atoms with Crippen molar-refractivity contribution in [3.05, 3.63) is 52.0 Å². The molecule has 0 saturated carbocycles. The van der Waals surface area contributed by atoms with Crippen LogP contribution in [0.3, 0.4) is 0 Å². The number of nitrogens with zero attached hydrogens (tertiary/aromatic N) is 2. The second kappa shape index (κ2) is 8.58. The number of nitrogens with one attached hydrogen (secondary N) is 2. The molecule has 1 heterocycles. The van der Waals surface area contributed by atoms with Crippen LogP contribution in [0.15, 0.2) is 46.0 Å². The summed E-state index contributed by atoms with van der Waals surface area (Å²) in [7, 11) is 1.63. The lowest BCUT2D eigenvalue weighted by atomic mass is 10.1. The number of carbonyl (C=O) groups excluding carboxylic acids is 1. The third kappa shape index (κ3) is 4.70. The van der Waals surface area contributed by atoms with Crippen molar-refractivity contribution in [3.8, 4) is 17.1 Å². The third-order valence-electron chi connectivity index (χ3n) is 4.16. The molecule has 0 spiro atoms. The summed E-state index contributed by atoms with van der Waals surface area (Å²) in [4.78, 5) is 16.7. The highest BCUT2D eigenvalue weighted by molar-refractivity contribution is 9.10. The minimum absolute atomic E-state index is 0.0966. The predicted octanol–water partition coefficient (Wildman–Crippen LogP) is 4.59. The van der Waals surface area contributed by atoms with Gasteiger partial charge in [0.25, 0.3) is 0 Å². The van der Waals surface area contributed by atoms with Crippen molar-refractivity contribution in [2.75, 3.05) is 18.2 Å². The molecule has 27 heavy (non-hydrogen) atoms. The van der Waals surface area contributed by atoms with E-state index in [1.165, 1.54) is 11.8 Å². The Kier molecular flexibility index (Phi) is 6.18. The minimum Gasteiger partial charge on any atom is -0.497 e. The fourth-order valence-corrected chi connectivity index (χ4v) is 3.46. The second-order valence-corrected chi connectivity index (χ2v) is 7.67. The number of hydrogen-bond donors (Lipinski definition) is 2. The van der Waals surface area contributed by atoms with E-state index in [-0.39, 0.29) is 11.7 Å². The second-order valence-electron chi connectivity index (χ2n) is 5.88. The lowest BCUT2D eigenvalue weighted by Gasteiger charge is -2.11. The average Bonchev–Trinajstić information content (AvgIpc) is 3.16. The zero-order chi connectivity index (χ0) is 19.4. The number of rotatable bonds is 6. The first-order valence-corrected chi connectivity index (χ1v) is 10.0. The Morgan fingerprint density at radius 3 is 2.63 bits per heavy atom. The largest absolute Gasteiger partial charge is 0.497 e. The smallest absolute Gasteiger partial charge is 0.234 e. The lowest BCUT2D eigenvalue weighted by molar-refractivity contribution is -0.113. The Morgan fingerprint density at radius 1 is 1.19 bits per heavy atom. The van der Waals surface area contributed by atoms with Crippen molar-refractivity contribution in [1.29, 1.82) is 0 Å². The first-order chi connectivity index (χ1) is 13.0. The summed E-state index contributed by atoms with van der Waals surface area (Å²) in [5.74, 6) is 1.57. The molecule has 3 rings (SSSR count). The number of anilines is 1. The Morgan fingerprint density at radius 2 is 1.93 bits per heavy atom. The van der Waals surface area contributed by atoms with Crippen molar-refractivity contribution < 1.29 is 9.53 Å². The Bertz CT molecular complexity index is 957. The first-order valence-electron chi connectivity index (χ1n) is 8.23. The van der Waals surface area contributed by atoms with Crippen molar-refractivity contribution >= 4 is 39.3 Å². The van der Waals surface area contributed by atoms with Crippen LogP contribution in [-0.4, -0.2) is 34.0 Å². The standard InChI is InChI=1S/C19H19BrN4O2S/c1-11-12(2)16(9-8-15(11)20)21-17(25)10-27-19-22-18(23-24-19)13-4-6-14(26-3)7-5-13/h4-9H,10H2,1-3H3,(H,21,25)(H,22,23,24). The number of benzene rings is 2. The van der Waals surface area contributed by atoms with E-state index in [9.17, 15) is 4.79 Å². The van der Waals surface area contributed by atoms with Crippen LogP contribution in [-0.2, 0) is 4.79 Å². The van der Waals surface area contributed by atoms with E-state index in [1.807, 2.05) is 50.2 Å². The Balaban J connectivity index is 1.59. The molecule has 2 N–H and O–H groups in total. The van der Waals surface area contributed by atoms with E-state index in [4.69, 9.17) is 4.74 Å². The number of hydrogen-bond acceptors (Lipinski definition) is 5. The molecule has 1 aromatic heterocycles. The van der Waals surface area contributed by atoms with E-state index in [0.717, 1.165) is 32.6 Å². The van der Waals surface area contributed by atoms with Gasteiger partial charge in [0.05, 0.1) is 12.9 Å². The van der Waals surface area contributed by atoms with Gasteiger partial charge in [0.15, 0.2) is 5.82 Å². The number of H-pyrrole nitrogens is 1. The monoisotopic (exact) mass is 446 g/mol. The van der Waals surface area contributed by atoms with Gasteiger partial charge >= 0.3 is 0 Å². The molecule has 0 unspecified atom stereocenters. The third-order valence-corrected chi connectivity index (χ3v) is 5.86. The van der Waals surface area contributed by atoms with Gasteiger partial charge in [-0.25, -0.2) is 4.98 Å². The number of methoxy groups -OCH3 is 1. The van der Waals surface area contributed by atoms with Crippen LogP contribution in [0.25, 0.3) is 11.4 Å². The molecule has 0 fully saturated rings. The fourth-order valence-electron chi connectivity index (χ4n) is 2.43. The molecule has 6 nitrogen and oxygen atoms in total. The summed E-state index contributed by atoms with van der Waals surface area (Å²) in [5.41, 5.74) is 3.87. The molecule has 3 aromatic rings. The number of aromatic nitrogens is 3. The maximum Gasteiger partial charge on any atom is 0.234 e. The van der Waals surface area contributed by atoms with Gasteiger partial charge in [0, 0.05) is 15.7 Å². The van der Waals surface area contributed by atoms with Crippen LogP contribution in [0.2, 0.25) is 0 Å². The van der Waals surface area contributed by atoms with E-state index in [1.54, 1.807) is 7.11 Å². The van der Waals surface area contributed by atoms with E-state index < -0.39 is 0 Å². The van der Waals surface area contributed by atoms with Crippen LogP contribution in [0.5, 0.6) is 5.75 Å². The molecule has 0 radical (unpaired) electrons. The topological polar surface area (TPSA) is 79.9 Å². The zero-order valence-electron chi connectivity index (χ0n) is 15.2. The van der Waals surface area contributed by atoms with Gasteiger partial charge in [-0.15, -0.1) is 5.10 Å². The van der Waals surface area contributed by atoms with Gasteiger partial charge in [-0.05, 0) is 61.4 Å². The summed E-state index contributed by atoms with van der Waals surface area (Å²) in [6.45, 7) is 4.00. The molecule has 2 aromatic carbocycles. The zero-order valence-corrected chi connectivity index (χ0v) is 17.6. The molecule has 8 heteroatoms. The van der Waals surface area contributed by atoms with Crippen LogP contribution < -0.4 is 10.1 Å². The number of carbonyl (C=O) groups is 1. The highest BCUT2D eigenvalue weighted by atomic mass is 79.9. The van der Waals surface area contributed by atoms with Crippen LogP contribution in [0.4, 0.5) is 5.69 Å². The van der Waals surface area contributed by atoms with Gasteiger partial charge in [0.1, 0.15) is 5.75 Å². The summed E-state index contributed by atoms with van der Waals surface area (Å²) in [6.07, 6.45) is 0. The molecule has 140 valence electrons. The Hall–Kier alpha value is -2.32. The SMILES string of the molecule is COc1ccc(-c2nc(SCC(=O)Nc3ccc(Br)c(C)c3C)n[nH]2)cc1. The summed E-state index contributed by atoms with van der Waals surface area (Å²) < 4.78 is 6.18. The average molecular weight is 447 g/mol. The number of amides is 1. The first kappa shape index (κ1) is 19.4. The van der Waals surface area contributed by atoms with Crippen LogP contribution in [0.1, 0.15) is 11.1 Å². The fraction of sp³-hybridized carbons (Fsp3) is 0.211. The predicted molar refractivity (Wildman–Crippen MR) is 111 cm³/mol. The van der Waals surface area contributed by atoms with E-state index >= 15 is 0 Å². The van der Waals surface area contributed by atoms with E-state index in [0.29, 0.717) is 11.0 Å². The molecule has 0 saturated heterocycles. The number of ether oxygens (including phenoxy) is 1.